The maximum atomic E-state index is 12.3. The maximum absolute atomic E-state index is 12.3. The van der Waals surface area contributed by atoms with Gasteiger partial charge in [0.15, 0.2) is 11.5 Å². The first-order valence-corrected chi connectivity index (χ1v) is 8.26. The molecule has 2 aromatic carbocycles. The van der Waals surface area contributed by atoms with Gasteiger partial charge in [0.2, 0.25) is 11.7 Å². The first-order chi connectivity index (χ1) is 12.4. The second-order valence-electron chi connectivity index (χ2n) is 6.03. The summed E-state index contributed by atoms with van der Waals surface area (Å²) >= 11 is 0. The lowest BCUT2D eigenvalue weighted by atomic mass is 10.0. The minimum Gasteiger partial charge on any atom is -0.493 e. The standard InChI is InChI=1S/C21H25NO4/c1-13-9-15(3)17(10-14(13)2)22-20(23)8-7-16-11-18(24-4)21(26-6)19(12-16)25-5/h7-12H,1-6H3,(H,22,23)/b8-7+. The fourth-order valence-corrected chi connectivity index (χ4v) is 2.64. The van der Waals surface area contributed by atoms with Crippen LogP contribution in [0.2, 0.25) is 0 Å². The van der Waals surface area contributed by atoms with Crippen LogP contribution in [0.5, 0.6) is 17.2 Å². The van der Waals surface area contributed by atoms with E-state index in [0.717, 1.165) is 22.4 Å². The van der Waals surface area contributed by atoms with Gasteiger partial charge in [0.1, 0.15) is 0 Å². The Labute approximate surface area is 154 Å². The summed E-state index contributed by atoms with van der Waals surface area (Å²) < 4.78 is 15.9. The van der Waals surface area contributed by atoms with Crippen LogP contribution in [0, 0.1) is 20.8 Å². The van der Waals surface area contributed by atoms with Crippen molar-refractivity contribution in [2.75, 3.05) is 26.6 Å². The molecule has 2 aromatic rings. The van der Waals surface area contributed by atoms with Crippen molar-refractivity contribution >= 4 is 17.7 Å². The molecule has 138 valence electrons. The van der Waals surface area contributed by atoms with Crippen molar-refractivity contribution < 1.29 is 19.0 Å². The Hall–Kier alpha value is -2.95. The summed E-state index contributed by atoms with van der Waals surface area (Å²) in [6.45, 7) is 6.05. The Bertz CT molecular complexity index is 815. The third-order valence-electron chi connectivity index (χ3n) is 4.21. The number of anilines is 1. The van der Waals surface area contributed by atoms with Crippen LogP contribution in [-0.2, 0) is 4.79 Å². The van der Waals surface area contributed by atoms with Crippen LogP contribution in [0.25, 0.3) is 6.08 Å². The van der Waals surface area contributed by atoms with Gasteiger partial charge in [-0.1, -0.05) is 6.07 Å². The molecule has 0 bridgehead atoms. The highest BCUT2D eigenvalue weighted by Crippen LogP contribution is 2.38. The van der Waals surface area contributed by atoms with Crippen molar-refractivity contribution in [3.8, 4) is 17.2 Å². The lowest BCUT2D eigenvalue weighted by Gasteiger charge is -2.13. The van der Waals surface area contributed by atoms with Crippen LogP contribution in [0.3, 0.4) is 0 Å². The molecule has 5 heteroatoms. The highest BCUT2D eigenvalue weighted by Gasteiger charge is 2.12. The van der Waals surface area contributed by atoms with Gasteiger partial charge in [-0.05, 0) is 67.3 Å². The van der Waals surface area contributed by atoms with Gasteiger partial charge in [-0.2, -0.15) is 0 Å². The van der Waals surface area contributed by atoms with E-state index in [9.17, 15) is 4.79 Å². The highest BCUT2D eigenvalue weighted by molar-refractivity contribution is 6.02. The van der Waals surface area contributed by atoms with E-state index in [1.165, 1.54) is 11.6 Å². The SMILES string of the molecule is COc1cc(/C=C/C(=O)Nc2cc(C)c(C)cc2C)cc(OC)c1OC. The van der Waals surface area contributed by atoms with Gasteiger partial charge in [-0.15, -0.1) is 0 Å². The zero-order chi connectivity index (χ0) is 19.3. The molecule has 0 atom stereocenters. The highest BCUT2D eigenvalue weighted by atomic mass is 16.5. The number of methoxy groups -OCH3 is 3. The minimum atomic E-state index is -0.204. The van der Waals surface area contributed by atoms with E-state index >= 15 is 0 Å². The predicted molar refractivity (Wildman–Crippen MR) is 104 cm³/mol. The number of carbonyl (C=O) groups is 1. The molecule has 2 rings (SSSR count). The summed E-state index contributed by atoms with van der Waals surface area (Å²) in [4.78, 5) is 12.3. The Kier molecular flexibility index (Phi) is 6.28. The predicted octanol–water partition coefficient (Wildman–Crippen LogP) is 4.29. The summed E-state index contributed by atoms with van der Waals surface area (Å²) in [7, 11) is 4.66. The van der Waals surface area contributed by atoms with Crippen molar-refractivity contribution in [2.45, 2.75) is 20.8 Å². The number of hydrogen-bond acceptors (Lipinski definition) is 4. The zero-order valence-electron chi connectivity index (χ0n) is 16.1. The number of hydrogen-bond donors (Lipinski definition) is 1. The quantitative estimate of drug-likeness (QED) is 0.786. The molecular weight excluding hydrogens is 330 g/mol. The summed E-state index contributed by atoms with van der Waals surface area (Å²) in [5, 5.41) is 2.92. The van der Waals surface area contributed by atoms with Crippen LogP contribution in [-0.4, -0.2) is 27.2 Å². The van der Waals surface area contributed by atoms with Crippen molar-refractivity contribution in [2.24, 2.45) is 0 Å². The van der Waals surface area contributed by atoms with Crippen LogP contribution in [0.1, 0.15) is 22.3 Å². The van der Waals surface area contributed by atoms with Crippen LogP contribution >= 0.6 is 0 Å². The molecular formula is C21H25NO4. The van der Waals surface area contributed by atoms with Gasteiger partial charge in [0.05, 0.1) is 21.3 Å². The average molecular weight is 355 g/mol. The third kappa shape index (κ3) is 4.36. The Morgan fingerprint density at radius 3 is 1.96 bits per heavy atom. The molecule has 0 unspecified atom stereocenters. The lowest BCUT2D eigenvalue weighted by molar-refractivity contribution is -0.111. The van der Waals surface area contributed by atoms with Gasteiger partial charge in [0, 0.05) is 11.8 Å². The van der Waals surface area contributed by atoms with Gasteiger partial charge in [-0.25, -0.2) is 0 Å². The van der Waals surface area contributed by atoms with Crippen molar-refractivity contribution in [3.63, 3.8) is 0 Å². The first-order valence-electron chi connectivity index (χ1n) is 8.26. The minimum absolute atomic E-state index is 0.204. The number of benzene rings is 2. The largest absolute Gasteiger partial charge is 0.493 e. The van der Waals surface area contributed by atoms with Crippen molar-refractivity contribution in [3.05, 3.63) is 52.6 Å². The second-order valence-corrected chi connectivity index (χ2v) is 6.03. The Morgan fingerprint density at radius 2 is 1.42 bits per heavy atom. The molecule has 0 heterocycles. The van der Waals surface area contributed by atoms with Crippen molar-refractivity contribution in [1.82, 2.24) is 0 Å². The molecule has 0 radical (unpaired) electrons. The molecule has 1 N–H and O–H groups in total. The van der Waals surface area contributed by atoms with Gasteiger partial charge >= 0.3 is 0 Å². The molecule has 5 nitrogen and oxygen atoms in total. The Morgan fingerprint density at radius 1 is 0.846 bits per heavy atom. The fraction of sp³-hybridized carbons (Fsp3) is 0.286. The van der Waals surface area contributed by atoms with E-state index in [1.54, 1.807) is 39.5 Å². The van der Waals surface area contributed by atoms with E-state index in [4.69, 9.17) is 14.2 Å². The van der Waals surface area contributed by atoms with Gasteiger partial charge < -0.3 is 19.5 Å². The van der Waals surface area contributed by atoms with Crippen LogP contribution in [0.4, 0.5) is 5.69 Å². The summed E-state index contributed by atoms with van der Waals surface area (Å²) in [6.07, 6.45) is 3.19. The molecule has 0 aliphatic heterocycles. The monoisotopic (exact) mass is 355 g/mol. The molecule has 0 aliphatic carbocycles. The second kappa shape index (κ2) is 8.43. The van der Waals surface area contributed by atoms with Crippen LogP contribution < -0.4 is 19.5 Å². The molecule has 0 aromatic heterocycles. The molecule has 0 saturated carbocycles. The Balaban J connectivity index is 2.21. The van der Waals surface area contributed by atoms with E-state index in [-0.39, 0.29) is 5.91 Å². The topological polar surface area (TPSA) is 56.8 Å². The summed E-state index contributed by atoms with van der Waals surface area (Å²) in [6, 6.07) is 7.61. The number of amides is 1. The molecule has 1 amide bonds. The normalized spacial score (nSPS) is 10.7. The first kappa shape index (κ1) is 19.4. The number of nitrogens with one attached hydrogen (secondary N) is 1. The van der Waals surface area contributed by atoms with Gasteiger partial charge in [0.25, 0.3) is 0 Å². The summed E-state index contributed by atoms with van der Waals surface area (Å²) in [5.74, 6) is 1.39. The average Bonchev–Trinajstić information content (AvgIpc) is 2.63. The van der Waals surface area contributed by atoms with Crippen molar-refractivity contribution in [1.29, 1.82) is 0 Å². The van der Waals surface area contributed by atoms with Crippen LogP contribution in [0.15, 0.2) is 30.3 Å². The smallest absolute Gasteiger partial charge is 0.248 e. The molecule has 26 heavy (non-hydrogen) atoms. The molecule has 0 fully saturated rings. The number of aryl methyl sites for hydroxylation is 3. The number of carbonyl (C=O) groups excluding carboxylic acids is 1. The van der Waals surface area contributed by atoms with E-state index in [1.807, 2.05) is 19.9 Å². The molecule has 0 saturated heterocycles. The molecule has 0 aliphatic rings. The van der Waals surface area contributed by atoms with E-state index in [0.29, 0.717) is 17.2 Å². The van der Waals surface area contributed by atoms with E-state index in [2.05, 4.69) is 18.3 Å². The maximum Gasteiger partial charge on any atom is 0.248 e. The fourth-order valence-electron chi connectivity index (χ4n) is 2.64. The number of ether oxygens (including phenoxy) is 3. The lowest BCUT2D eigenvalue weighted by Crippen LogP contribution is -2.09. The third-order valence-corrected chi connectivity index (χ3v) is 4.21. The zero-order valence-corrected chi connectivity index (χ0v) is 16.1. The van der Waals surface area contributed by atoms with E-state index < -0.39 is 0 Å². The summed E-state index contributed by atoms with van der Waals surface area (Å²) in [5.41, 5.74) is 4.95. The van der Waals surface area contributed by atoms with Gasteiger partial charge in [-0.3, -0.25) is 4.79 Å². The number of rotatable bonds is 6. The molecule has 0 spiro atoms.